The highest BCUT2D eigenvalue weighted by atomic mass is 16.5. The SMILES string of the molecule is CCC(C)N=NC(C)(CC(C)C)NC(=O)OC. The molecule has 0 aromatic carbocycles. The molecule has 17 heavy (non-hydrogen) atoms. The molecule has 0 radical (unpaired) electrons. The van der Waals surface area contributed by atoms with E-state index in [9.17, 15) is 4.79 Å². The van der Waals surface area contributed by atoms with Gasteiger partial charge in [-0.25, -0.2) is 4.79 Å². The number of ether oxygens (including phenoxy) is 1. The Morgan fingerprint density at radius 1 is 1.41 bits per heavy atom. The first-order chi connectivity index (χ1) is 7.83. The van der Waals surface area contributed by atoms with Gasteiger partial charge in [-0.2, -0.15) is 10.2 Å². The van der Waals surface area contributed by atoms with Crippen molar-refractivity contribution in [3.63, 3.8) is 0 Å². The Hall–Kier alpha value is -1.13. The van der Waals surface area contributed by atoms with Gasteiger partial charge in [0.2, 0.25) is 0 Å². The third kappa shape index (κ3) is 6.92. The van der Waals surface area contributed by atoms with Crippen molar-refractivity contribution in [1.82, 2.24) is 5.32 Å². The molecule has 2 atom stereocenters. The summed E-state index contributed by atoms with van der Waals surface area (Å²) in [5.74, 6) is 0.410. The van der Waals surface area contributed by atoms with E-state index in [2.05, 4.69) is 41.1 Å². The lowest BCUT2D eigenvalue weighted by atomic mass is 10.00. The summed E-state index contributed by atoms with van der Waals surface area (Å²) in [6, 6.07) is 0.168. The number of carbonyl (C=O) groups excluding carboxylic acids is 1. The molecule has 0 aromatic heterocycles. The first kappa shape index (κ1) is 15.9. The molecule has 0 heterocycles. The molecule has 0 aliphatic carbocycles. The highest BCUT2D eigenvalue weighted by Crippen LogP contribution is 2.19. The van der Waals surface area contributed by atoms with Crippen LogP contribution in [0.3, 0.4) is 0 Å². The topological polar surface area (TPSA) is 63.0 Å². The number of rotatable bonds is 6. The van der Waals surface area contributed by atoms with Crippen molar-refractivity contribution in [2.24, 2.45) is 16.1 Å². The molecule has 100 valence electrons. The van der Waals surface area contributed by atoms with Gasteiger partial charge >= 0.3 is 6.09 Å². The van der Waals surface area contributed by atoms with Crippen LogP contribution in [-0.2, 0) is 4.74 Å². The summed E-state index contributed by atoms with van der Waals surface area (Å²) in [6.45, 7) is 10.1. The minimum Gasteiger partial charge on any atom is -0.453 e. The maximum Gasteiger partial charge on any atom is 0.408 e. The van der Waals surface area contributed by atoms with Crippen molar-refractivity contribution in [2.75, 3.05) is 7.11 Å². The molecule has 0 bridgehead atoms. The third-order valence-electron chi connectivity index (χ3n) is 2.43. The van der Waals surface area contributed by atoms with Gasteiger partial charge in [0.05, 0.1) is 13.2 Å². The molecule has 5 nitrogen and oxygen atoms in total. The van der Waals surface area contributed by atoms with E-state index in [0.717, 1.165) is 12.8 Å². The summed E-state index contributed by atoms with van der Waals surface area (Å²) in [7, 11) is 1.34. The monoisotopic (exact) mass is 243 g/mol. The fourth-order valence-electron chi connectivity index (χ4n) is 1.49. The molecule has 1 N–H and O–H groups in total. The highest BCUT2D eigenvalue weighted by Gasteiger charge is 2.27. The van der Waals surface area contributed by atoms with E-state index in [1.54, 1.807) is 0 Å². The lowest BCUT2D eigenvalue weighted by molar-refractivity contribution is 0.152. The van der Waals surface area contributed by atoms with Crippen LogP contribution in [0.25, 0.3) is 0 Å². The van der Waals surface area contributed by atoms with Crippen LogP contribution in [-0.4, -0.2) is 24.9 Å². The highest BCUT2D eigenvalue weighted by molar-refractivity contribution is 5.67. The van der Waals surface area contributed by atoms with Crippen LogP contribution >= 0.6 is 0 Å². The van der Waals surface area contributed by atoms with E-state index in [1.807, 2.05) is 13.8 Å². The Bertz CT molecular complexity index is 266. The van der Waals surface area contributed by atoms with Gasteiger partial charge in [0, 0.05) is 0 Å². The van der Waals surface area contributed by atoms with Crippen LogP contribution in [0.1, 0.15) is 47.5 Å². The number of alkyl carbamates (subject to hydrolysis) is 1. The Kier molecular flexibility index (Phi) is 6.76. The quantitative estimate of drug-likeness (QED) is 0.727. The van der Waals surface area contributed by atoms with E-state index in [1.165, 1.54) is 7.11 Å². The maximum atomic E-state index is 11.3. The Balaban J connectivity index is 4.71. The number of carbonyl (C=O) groups is 1. The summed E-state index contributed by atoms with van der Waals surface area (Å²) >= 11 is 0. The lowest BCUT2D eigenvalue weighted by Crippen LogP contribution is -2.45. The number of azo groups is 1. The predicted molar refractivity (Wildman–Crippen MR) is 68.0 cm³/mol. The molecule has 0 aliphatic heterocycles. The van der Waals surface area contributed by atoms with E-state index in [0.29, 0.717) is 5.92 Å². The van der Waals surface area contributed by atoms with Gasteiger partial charge in [-0.05, 0) is 32.6 Å². The second-order valence-corrected chi connectivity index (χ2v) is 4.96. The summed E-state index contributed by atoms with van der Waals surface area (Å²) in [4.78, 5) is 11.3. The van der Waals surface area contributed by atoms with Crippen LogP contribution in [0.4, 0.5) is 4.79 Å². The zero-order valence-electron chi connectivity index (χ0n) is 11.8. The van der Waals surface area contributed by atoms with Crippen molar-refractivity contribution in [3.8, 4) is 0 Å². The van der Waals surface area contributed by atoms with Crippen molar-refractivity contribution < 1.29 is 9.53 Å². The minimum atomic E-state index is -0.690. The fourth-order valence-corrected chi connectivity index (χ4v) is 1.49. The molecule has 0 saturated heterocycles. The molecule has 0 spiro atoms. The zero-order chi connectivity index (χ0) is 13.5. The molecule has 0 fully saturated rings. The van der Waals surface area contributed by atoms with Crippen LogP contribution < -0.4 is 5.32 Å². The second-order valence-electron chi connectivity index (χ2n) is 4.96. The Morgan fingerprint density at radius 3 is 2.41 bits per heavy atom. The van der Waals surface area contributed by atoms with Crippen molar-refractivity contribution in [2.45, 2.75) is 59.2 Å². The van der Waals surface area contributed by atoms with Gasteiger partial charge in [-0.15, -0.1) is 0 Å². The molecule has 0 aromatic rings. The number of nitrogens with one attached hydrogen (secondary N) is 1. The van der Waals surface area contributed by atoms with Crippen LogP contribution in [0.5, 0.6) is 0 Å². The molecule has 0 saturated carbocycles. The van der Waals surface area contributed by atoms with Crippen molar-refractivity contribution >= 4 is 6.09 Å². The third-order valence-corrected chi connectivity index (χ3v) is 2.43. The van der Waals surface area contributed by atoms with Gasteiger partial charge in [0.25, 0.3) is 0 Å². The largest absolute Gasteiger partial charge is 0.453 e. The first-order valence-electron chi connectivity index (χ1n) is 6.11. The van der Waals surface area contributed by atoms with E-state index in [-0.39, 0.29) is 6.04 Å². The molecule has 5 heteroatoms. The number of hydrogen-bond acceptors (Lipinski definition) is 4. The van der Waals surface area contributed by atoms with Gasteiger partial charge in [0.15, 0.2) is 5.66 Å². The molecule has 2 unspecified atom stereocenters. The normalized spacial score (nSPS) is 16.9. The van der Waals surface area contributed by atoms with Crippen LogP contribution in [0.15, 0.2) is 10.2 Å². The fraction of sp³-hybridized carbons (Fsp3) is 0.917. The van der Waals surface area contributed by atoms with Gasteiger partial charge in [0.1, 0.15) is 0 Å². The second kappa shape index (κ2) is 7.25. The summed E-state index contributed by atoms with van der Waals surface area (Å²) in [5, 5.41) is 11.2. The average molecular weight is 243 g/mol. The summed E-state index contributed by atoms with van der Waals surface area (Å²) in [5.41, 5.74) is -0.690. The van der Waals surface area contributed by atoms with Crippen molar-refractivity contribution in [3.05, 3.63) is 0 Å². The number of hydrogen-bond donors (Lipinski definition) is 1. The minimum absolute atomic E-state index is 0.168. The van der Waals surface area contributed by atoms with Crippen LogP contribution in [0.2, 0.25) is 0 Å². The molecular weight excluding hydrogens is 218 g/mol. The number of nitrogens with zero attached hydrogens (tertiary/aromatic N) is 2. The van der Waals surface area contributed by atoms with E-state index < -0.39 is 11.8 Å². The summed E-state index contributed by atoms with van der Waals surface area (Å²) in [6.07, 6.45) is 1.18. The first-order valence-corrected chi connectivity index (χ1v) is 6.11. The standard InChI is InChI=1S/C12H25N3O2/c1-7-10(4)14-15-12(5,8-9(2)3)13-11(16)17-6/h9-10H,7-8H2,1-6H3,(H,13,16). The number of amides is 1. The lowest BCUT2D eigenvalue weighted by Gasteiger charge is -2.26. The van der Waals surface area contributed by atoms with Gasteiger partial charge < -0.3 is 4.74 Å². The summed E-state index contributed by atoms with van der Waals surface area (Å²) < 4.78 is 4.61. The number of methoxy groups -OCH3 is 1. The van der Waals surface area contributed by atoms with Gasteiger partial charge in [-0.3, -0.25) is 5.32 Å². The predicted octanol–water partition coefficient (Wildman–Crippen LogP) is 3.36. The smallest absolute Gasteiger partial charge is 0.408 e. The van der Waals surface area contributed by atoms with Crippen molar-refractivity contribution in [1.29, 1.82) is 0 Å². The Labute approximate surface area is 104 Å². The van der Waals surface area contributed by atoms with Crippen LogP contribution in [0, 0.1) is 5.92 Å². The van der Waals surface area contributed by atoms with E-state index >= 15 is 0 Å². The average Bonchev–Trinajstić information content (AvgIpc) is 2.24. The zero-order valence-corrected chi connectivity index (χ0v) is 11.8. The van der Waals surface area contributed by atoms with E-state index in [4.69, 9.17) is 0 Å². The Morgan fingerprint density at radius 2 is 2.00 bits per heavy atom. The maximum absolute atomic E-state index is 11.3. The van der Waals surface area contributed by atoms with Gasteiger partial charge in [-0.1, -0.05) is 20.8 Å². The molecule has 0 aliphatic rings. The molecule has 1 amide bonds. The molecule has 0 rings (SSSR count). The molecular formula is C12H25N3O2.